The van der Waals surface area contributed by atoms with Gasteiger partial charge in [0.05, 0.1) is 5.75 Å². The van der Waals surface area contributed by atoms with Crippen molar-refractivity contribution in [1.29, 1.82) is 0 Å². The fourth-order valence-electron chi connectivity index (χ4n) is 1.33. The van der Waals surface area contributed by atoms with E-state index in [-0.39, 0.29) is 0 Å². The highest BCUT2D eigenvalue weighted by atomic mass is 32.2. The summed E-state index contributed by atoms with van der Waals surface area (Å²) < 4.78 is 16.1. The fraction of sp³-hybridized carbons (Fsp3) is 0.182. The van der Waals surface area contributed by atoms with Crippen molar-refractivity contribution in [3.63, 3.8) is 0 Å². The van der Waals surface area contributed by atoms with E-state index in [0.717, 1.165) is 11.3 Å². The fourth-order valence-corrected chi connectivity index (χ4v) is 1.86. The molecule has 0 aliphatic heterocycles. The molecule has 2 aromatic rings. The largest absolute Gasteiger partial charge is 0.360 e. The van der Waals surface area contributed by atoms with Gasteiger partial charge < -0.3 is 4.52 Å². The highest BCUT2D eigenvalue weighted by molar-refractivity contribution is 7.83. The summed E-state index contributed by atoms with van der Waals surface area (Å²) in [6.45, 7) is 0. The molecule has 0 fully saturated rings. The molecule has 1 atom stereocenters. The first-order chi connectivity index (χ1) is 7.25. The third-order valence-electron chi connectivity index (χ3n) is 1.97. The van der Waals surface area contributed by atoms with Crippen molar-refractivity contribution in [2.45, 2.75) is 5.75 Å². The molecule has 0 aliphatic rings. The van der Waals surface area contributed by atoms with Gasteiger partial charge in [0.15, 0.2) is 0 Å². The van der Waals surface area contributed by atoms with Crippen LogP contribution in [0.2, 0.25) is 0 Å². The van der Waals surface area contributed by atoms with Crippen LogP contribution in [0.25, 0.3) is 11.3 Å². The zero-order valence-electron chi connectivity index (χ0n) is 8.34. The van der Waals surface area contributed by atoms with Crippen molar-refractivity contribution in [1.82, 2.24) is 5.16 Å². The number of benzene rings is 1. The summed E-state index contributed by atoms with van der Waals surface area (Å²) in [5, 5.41) is 3.93. The molecule has 0 saturated heterocycles. The normalized spacial score (nSPS) is 12.6. The maximum Gasteiger partial charge on any atom is 0.149 e. The van der Waals surface area contributed by atoms with Crippen LogP contribution >= 0.6 is 0 Å². The van der Waals surface area contributed by atoms with Gasteiger partial charge in [-0.2, -0.15) is 0 Å². The summed E-state index contributed by atoms with van der Waals surface area (Å²) in [5.41, 5.74) is 1.80. The van der Waals surface area contributed by atoms with Gasteiger partial charge in [0, 0.05) is 28.7 Å². The van der Waals surface area contributed by atoms with Crippen molar-refractivity contribution in [3.8, 4) is 11.3 Å². The van der Waals surface area contributed by atoms with Gasteiger partial charge in [-0.1, -0.05) is 35.5 Å². The first-order valence-electron chi connectivity index (χ1n) is 4.57. The van der Waals surface area contributed by atoms with E-state index in [9.17, 15) is 4.21 Å². The minimum atomic E-state index is -0.893. The molecule has 1 aromatic heterocycles. The topological polar surface area (TPSA) is 43.1 Å². The Morgan fingerprint density at radius 2 is 2.07 bits per heavy atom. The van der Waals surface area contributed by atoms with Crippen LogP contribution < -0.4 is 0 Å². The molecule has 0 saturated carbocycles. The van der Waals surface area contributed by atoms with Crippen LogP contribution in [0.3, 0.4) is 0 Å². The molecule has 15 heavy (non-hydrogen) atoms. The van der Waals surface area contributed by atoms with Gasteiger partial charge in [-0.25, -0.2) is 0 Å². The van der Waals surface area contributed by atoms with Crippen LogP contribution in [0.15, 0.2) is 40.9 Å². The Kier molecular flexibility index (Phi) is 2.97. The van der Waals surface area contributed by atoms with Crippen LogP contribution in [0.5, 0.6) is 0 Å². The Bertz CT molecular complexity index is 464. The van der Waals surface area contributed by atoms with Gasteiger partial charge in [0.1, 0.15) is 11.5 Å². The van der Waals surface area contributed by atoms with Gasteiger partial charge in [0.25, 0.3) is 0 Å². The summed E-state index contributed by atoms with van der Waals surface area (Å²) in [4.78, 5) is 0. The summed E-state index contributed by atoms with van der Waals surface area (Å²) in [6.07, 6.45) is 1.64. The molecular weight excluding hydrogens is 210 g/mol. The summed E-state index contributed by atoms with van der Waals surface area (Å²) in [7, 11) is -0.893. The van der Waals surface area contributed by atoms with Gasteiger partial charge in [0.2, 0.25) is 0 Å². The molecule has 0 spiro atoms. The minimum absolute atomic E-state index is 0.417. The summed E-state index contributed by atoms with van der Waals surface area (Å²) in [6, 6.07) is 11.6. The molecule has 0 bridgehead atoms. The molecule has 0 amide bonds. The monoisotopic (exact) mass is 221 g/mol. The van der Waals surface area contributed by atoms with Crippen molar-refractivity contribution in [3.05, 3.63) is 42.2 Å². The highest BCUT2D eigenvalue weighted by Crippen LogP contribution is 2.18. The highest BCUT2D eigenvalue weighted by Gasteiger charge is 2.06. The molecule has 1 aromatic carbocycles. The Balaban J connectivity index is 2.24. The first kappa shape index (κ1) is 10.1. The summed E-state index contributed by atoms with van der Waals surface area (Å²) in [5.74, 6) is 1.08. The molecule has 0 unspecified atom stereocenters. The molecule has 0 aliphatic carbocycles. The Hall–Kier alpha value is -1.42. The van der Waals surface area contributed by atoms with E-state index in [1.807, 2.05) is 36.4 Å². The molecule has 0 radical (unpaired) electrons. The molecular formula is C11H11NO2S. The molecule has 2 rings (SSSR count). The Labute approximate surface area is 90.6 Å². The quantitative estimate of drug-likeness (QED) is 0.798. The second-order valence-corrected chi connectivity index (χ2v) is 4.70. The zero-order chi connectivity index (χ0) is 10.7. The molecule has 4 heteroatoms. The number of aromatic nitrogens is 1. The van der Waals surface area contributed by atoms with Gasteiger partial charge in [-0.3, -0.25) is 4.21 Å². The lowest BCUT2D eigenvalue weighted by Gasteiger charge is -1.91. The van der Waals surface area contributed by atoms with Crippen LogP contribution in [0.1, 0.15) is 5.76 Å². The second-order valence-electron chi connectivity index (χ2n) is 3.26. The first-order valence-corrected chi connectivity index (χ1v) is 6.29. The SMILES string of the molecule is C[S@@](=O)Cc1cc(-c2ccccc2)no1. The predicted octanol–water partition coefficient (Wildman–Crippen LogP) is 2.22. The average molecular weight is 221 g/mol. The number of hydrogen-bond acceptors (Lipinski definition) is 3. The van der Waals surface area contributed by atoms with E-state index >= 15 is 0 Å². The van der Waals surface area contributed by atoms with Crippen molar-refractivity contribution in [2.75, 3.05) is 6.26 Å². The van der Waals surface area contributed by atoms with E-state index in [1.165, 1.54) is 0 Å². The lowest BCUT2D eigenvalue weighted by molar-refractivity contribution is 0.396. The van der Waals surface area contributed by atoms with E-state index in [0.29, 0.717) is 11.5 Å². The van der Waals surface area contributed by atoms with E-state index in [2.05, 4.69) is 5.16 Å². The minimum Gasteiger partial charge on any atom is -0.360 e. The van der Waals surface area contributed by atoms with Crippen molar-refractivity contribution < 1.29 is 8.73 Å². The third kappa shape index (κ3) is 2.53. The van der Waals surface area contributed by atoms with Crippen LogP contribution in [-0.2, 0) is 16.6 Å². The zero-order valence-corrected chi connectivity index (χ0v) is 9.16. The maximum absolute atomic E-state index is 11.0. The van der Waals surface area contributed by atoms with Crippen LogP contribution in [-0.4, -0.2) is 15.6 Å². The lowest BCUT2D eigenvalue weighted by Crippen LogP contribution is -1.88. The second kappa shape index (κ2) is 4.40. The van der Waals surface area contributed by atoms with Gasteiger partial charge >= 0.3 is 0 Å². The molecule has 3 nitrogen and oxygen atoms in total. The number of rotatable bonds is 3. The van der Waals surface area contributed by atoms with Crippen molar-refractivity contribution in [2.24, 2.45) is 0 Å². The van der Waals surface area contributed by atoms with Gasteiger partial charge in [-0.05, 0) is 0 Å². The van der Waals surface area contributed by atoms with Crippen LogP contribution in [0.4, 0.5) is 0 Å². The Morgan fingerprint density at radius 3 is 2.73 bits per heavy atom. The number of hydrogen-bond donors (Lipinski definition) is 0. The maximum atomic E-state index is 11.0. The predicted molar refractivity (Wildman–Crippen MR) is 59.7 cm³/mol. The van der Waals surface area contributed by atoms with Crippen molar-refractivity contribution >= 4 is 10.8 Å². The van der Waals surface area contributed by atoms with Gasteiger partial charge in [-0.15, -0.1) is 0 Å². The Morgan fingerprint density at radius 1 is 1.33 bits per heavy atom. The van der Waals surface area contributed by atoms with E-state index < -0.39 is 10.8 Å². The number of nitrogens with zero attached hydrogens (tertiary/aromatic N) is 1. The lowest BCUT2D eigenvalue weighted by atomic mass is 10.1. The standard InChI is InChI=1S/C11H11NO2S/c1-15(13)8-10-7-11(12-14-10)9-5-3-2-4-6-9/h2-7H,8H2,1H3/t15-/m1/s1. The summed E-state index contributed by atoms with van der Waals surface area (Å²) >= 11 is 0. The molecule has 1 heterocycles. The third-order valence-corrected chi connectivity index (χ3v) is 2.67. The smallest absolute Gasteiger partial charge is 0.149 e. The molecule has 0 N–H and O–H groups in total. The van der Waals surface area contributed by atoms with Crippen LogP contribution in [0, 0.1) is 0 Å². The van der Waals surface area contributed by atoms with E-state index in [4.69, 9.17) is 4.52 Å². The average Bonchev–Trinajstić information content (AvgIpc) is 2.67. The molecule has 78 valence electrons. The van der Waals surface area contributed by atoms with E-state index in [1.54, 1.807) is 6.26 Å².